The zero-order valence-electron chi connectivity index (χ0n) is 12.2. The third-order valence-corrected chi connectivity index (χ3v) is 4.51. The topological polar surface area (TPSA) is 147 Å². The predicted molar refractivity (Wildman–Crippen MR) is 83.0 cm³/mol. The number of ether oxygens (including phenoxy) is 1. The Bertz CT molecular complexity index is 740. The molecule has 11 heteroatoms. The minimum atomic E-state index is -1.80. The Morgan fingerprint density at radius 1 is 1.48 bits per heavy atom. The maximum Gasteiger partial charge on any atom is 0.490 e. The number of hydrogen-bond acceptors (Lipinski definition) is 8. The number of fused-ring (bicyclic) bond motifs is 1. The first-order valence-electron chi connectivity index (χ1n) is 6.89. The van der Waals surface area contributed by atoms with E-state index in [0.29, 0.717) is 0 Å². The van der Waals surface area contributed by atoms with Gasteiger partial charge in [-0.3, -0.25) is 0 Å². The third-order valence-electron chi connectivity index (χ3n) is 4.10. The summed E-state index contributed by atoms with van der Waals surface area (Å²) in [5.74, 6) is 0.0744. The zero-order chi connectivity index (χ0) is 16.9. The summed E-state index contributed by atoms with van der Waals surface area (Å²) in [6.07, 6.45) is -0.291. The van der Waals surface area contributed by atoms with Gasteiger partial charge in [0.2, 0.25) is 0 Å². The Labute approximate surface area is 136 Å². The van der Waals surface area contributed by atoms with E-state index in [1.54, 1.807) is 6.92 Å². The van der Waals surface area contributed by atoms with Gasteiger partial charge < -0.3 is 35.3 Å². The molecule has 3 rings (SSSR count). The lowest BCUT2D eigenvalue weighted by atomic mass is 9.80. The standard InChI is InChI=1S/C12H16BClN4O5/c1-12(14)8(20)6(3-19)23-11(12)18-2-5(13(21)22)7-9(15)16-4-17-10(7)18/h2,4,6,8,11,19-22H,3H2,1H3,(H2,15,16,17)/t6-,8-,11-,12-/m1/s1. The number of aromatic nitrogens is 3. The number of rotatable bonds is 3. The molecular weight excluding hydrogens is 326 g/mol. The van der Waals surface area contributed by atoms with Crippen molar-refractivity contribution in [2.45, 2.75) is 30.2 Å². The Balaban J connectivity index is 2.19. The fourth-order valence-corrected chi connectivity index (χ4v) is 3.17. The second kappa shape index (κ2) is 5.58. The summed E-state index contributed by atoms with van der Waals surface area (Å²) < 4.78 is 7.08. The molecule has 23 heavy (non-hydrogen) atoms. The lowest BCUT2D eigenvalue weighted by Gasteiger charge is -2.26. The Morgan fingerprint density at radius 3 is 2.74 bits per heavy atom. The van der Waals surface area contributed by atoms with Crippen molar-refractivity contribution in [3.63, 3.8) is 0 Å². The normalized spacial score (nSPS) is 31.0. The average molecular weight is 343 g/mol. The largest absolute Gasteiger partial charge is 0.490 e. The van der Waals surface area contributed by atoms with Gasteiger partial charge in [-0.05, 0) is 6.92 Å². The molecule has 1 aliphatic heterocycles. The first-order chi connectivity index (χ1) is 10.8. The summed E-state index contributed by atoms with van der Waals surface area (Å²) in [4.78, 5) is 6.67. The molecule has 3 heterocycles. The molecule has 0 bridgehead atoms. The fourth-order valence-electron chi connectivity index (χ4n) is 2.88. The molecule has 0 saturated carbocycles. The second-order valence-corrected chi connectivity index (χ2v) is 6.44. The van der Waals surface area contributed by atoms with Crippen LogP contribution in [0.5, 0.6) is 0 Å². The summed E-state index contributed by atoms with van der Waals surface area (Å²) in [6, 6.07) is 0. The Kier molecular flexibility index (Phi) is 3.99. The summed E-state index contributed by atoms with van der Waals surface area (Å²) in [7, 11) is -1.80. The number of halogens is 1. The maximum absolute atomic E-state index is 10.2. The van der Waals surface area contributed by atoms with Gasteiger partial charge in [-0.15, -0.1) is 11.6 Å². The van der Waals surface area contributed by atoms with E-state index in [0.717, 1.165) is 0 Å². The zero-order valence-corrected chi connectivity index (χ0v) is 12.9. The number of nitrogens with zero attached hydrogens (tertiary/aromatic N) is 3. The number of nitrogens with two attached hydrogens (primary N) is 1. The van der Waals surface area contributed by atoms with Crippen LogP contribution in [0.25, 0.3) is 11.0 Å². The van der Waals surface area contributed by atoms with Gasteiger partial charge in [0.15, 0.2) is 6.23 Å². The molecule has 2 aromatic rings. The molecule has 124 valence electrons. The van der Waals surface area contributed by atoms with Gasteiger partial charge in [0.05, 0.1) is 12.0 Å². The summed E-state index contributed by atoms with van der Waals surface area (Å²) in [5.41, 5.74) is 6.18. The molecule has 0 amide bonds. The molecule has 0 aliphatic carbocycles. The van der Waals surface area contributed by atoms with Gasteiger partial charge in [-0.1, -0.05) is 0 Å². The highest BCUT2D eigenvalue weighted by Crippen LogP contribution is 2.44. The number of aliphatic hydroxyl groups is 2. The van der Waals surface area contributed by atoms with Crippen LogP contribution in [0.4, 0.5) is 5.82 Å². The van der Waals surface area contributed by atoms with Crippen LogP contribution in [0, 0.1) is 0 Å². The van der Waals surface area contributed by atoms with Crippen LogP contribution in [0.1, 0.15) is 13.2 Å². The van der Waals surface area contributed by atoms with Gasteiger partial charge in [0, 0.05) is 11.7 Å². The Hall–Kier alpha value is -1.43. The average Bonchev–Trinajstić information content (AvgIpc) is 2.97. The SMILES string of the molecule is C[C@@]1(Cl)[C@H](O)[C@@H](CO)O[C@H]1n1cc(B(O)O)c2c(N)ncnc21. The maximum atomic E-state index is 10.2. The van der Waals surface area contributed by atoms with Crippen molar-refractivity contribution in [1.29, 1.82) is 0 Å². The van der Waals surface area contributed by atoms with Crippen LogP contribution in [0.2, 0.25) is 0 Å². The van der Waals surface area contributed by atoms with E-state index in [9.17, 15) is 20.3 Å². The molecule has 0 spiro atoms. The van der Waals surface area contributed by atoms with Crippen LogP contribution < -0.4 is 11.2 Å². The van der Waals surface area contributed by atoms with Gasteiger partial charge >= 0.3 is 7.12 Å². The number of aliphatic hydroxyl groups excluding tert-OH is 2. The molecule has 4 atom stereocenters. The molecule has 1 aliphatic rings. The van der Waals surface area contributed by atoms with Crippen molar-refractivity contribution < 1.29 is 25.0 Å². The van der Waals surface area contributed by atoms with Gasteiger partial charge in [0.1, 0.15) is 34.9 Å². The van der Waals surface area contributed by atoms with Gasteiger partial charge in [-0.25, -0.2) is 9.97 Å². The lowest BCUT2D eigenvalue weighted by Crippen LogP contribution is -2.39. The van der Waals surface area contributed by atoms with E-state index in [2.05, 4.69) is 9.97 Å². The quantitative estimate of drug-likeness (QED) is 0.316. The van der Waals surface area contributed by atoms with Crippen molar-refractivity contribution in [2.24, 2.45) is 0 Å². The summed E-state index contributed by atoms with van der Waals surface area (Å²) in [6.45, 7) is 1.15. The van der Waals surface area contributed by atoms with E-state index < -0.39 is 37.0 Å². The first kappa shape index (κ1) is 16.4. The van der Waals surface area contributed by atoms with Gasteiger partial charge in [-0.2, -0.15) is 0 Å². The molecule has 1 saturated heterocycles. The van der Waals surface area contributed by atoms with Crippen molar-refractivity contribution >= 4 is 41.0 Å². The van der Waals surface area contributed by atoms with Crippen molar-refractivity contribution in [3.8, 4) is 0 Å². The van der Waals surface area contributed by atoms with Crippen LogP contribution in [-0.4, -0.2) is 65.6 Å². The smallest absolute Gasteiger partial charge is 0.423 e. The number of alkyl halides is 1. The second-order valence-electron chi connectivity index (χ2n) is 5.63. The summed E-state index contributed by atoms with van der Waals surface area (Å²) in [5, 5.41) is 38.9. The van der Waals surface area contributed by atoms with E-state index in [4.69, 9.17) is 22.1 Å². The van der Waals surface area contributed by atoms with Crippen LogP contribution in [-0.2, 0) is 4.74 Å². The summed E-state index contributed by atoms with van der Waals surface area (Å²) >= 11 is 6.41. The minimum Gasteiger partial charge on any atom is -0.423 e. The van der Waals surface area contributed by atoms with E-state index in [-0.39, 0.29) is 22.3 Å². The van der Waals surface area contributed by atoms with E-state index in [1.807, 2.05) is 0 Å². The molecule has 0 radical (unpaired) electrons. The highest BCUT2D eigenvalue weighted by atomic mass is 35.5. The van der Waals surface area contributed by atoms with Crippen molar-refractivity contribution in [3.05, 3.63) is 12.5 Å². The van der Waals surface area contributed by atoms with Gasteiger partial charge in [0.25, 0.3) is 0 Å². The number of hydrogen-bond donors (Lipinski definition) is 5. The van der Waals surface area contributed by atoms with Crippen molar-refractivity contribution in [1.82, 2.24) is 14.5 Å². The molecule has 6 N–H and O–H groups in total. The first-order valence-corrected chi connectivity index (χ1v) is 7.27. The molecule has 2 aromatic heterocycles. The van der Waals surface area contributed by atoms with Crippen LogP contribution in [0.3, 0.4) is 0 Å². The van der Waals surface area contributed by atoms with Crippen molar-refractivity contribution in [2.75, 3.05) is 12.3 Å². The number of anilines is 1. The monoisotopic (exact) mass is 342 g/mol. The molecule has 0 aromatic carbocycles. The van der Waals surface area contributed by atoms with E-state index in [1.165, 1.54) is 17.1 Å². The highest BCUT2D eigenvalue weighted by Gasteiger charge is 2.53. The Morgan fingerprint density at radius 2 is 2.17 bits per heavy atom. The molecule has 1 fully saturated rings. The molecular formula is C12H16BClN4O5. The molecule has 9 nitrogen and oxygen atoms in total. The minimum absolute atomic E-state index is 0.0744. The van der Waals surface area contributed by atoms with E-state index >= 15 is 0 Å². The predicted octanol–water partition coefficient (Wildman–Crippen LogP) is -2.06. The molecule has 0 unspecified atom stereocenters. The third kappa shape index (κ3) is 2.38. The fraction of sp³-hybridized carbons (Fsp3) is 0.500. The number of nitrogen functional groups attached to an aromatic ring is 1. The lowest BCUT2D eigenvalue weighted by molar-refractivity contribution is -0.0439. The van der Waals surface area contributed by atoms with Crippen LogP contribution in [0.15, 0.2) is 12.5 Å². The highest BCUT2D eigenvalue weighted by molar-refractivity contribution is 6.62. The van der Waals surface area contributed by atoms with Crippen LogP contribution >= 0.6 is 11.6 Å².